The number of alkyl halides is 3. The van der Waals surface area contributed by atoms with Gasteiger partial charge in [0.1, 0.15) is 0 Å². The van der Waals surface area contributed by atoms with Crippen molar-refractivity contribution in [3.63, 3.8) is 0 Å². The van der Waals surface area contributed by atoms with Crippen molar-refractivity contribution in [2.45, 2.75) is 6.18 Å². The first-order valence-corrected chi connectivity index (χ1v) is 4.20. The molecule has 0 spiro atoms. The first kappa shape index (κ1) is 11.5. The molecule has 0 atom stereocenters. The third-order valence-corrected chi connectivity index (χ3v) is 1.56. The Labute approximate surface area is 85.5 Å². The van der Waals surface area contributed by atoms with Gasteiger partial charge in [-0.2, -0.15) is 13.2 Å². The Kier molecular flexibility index (Phi) is 3.69. The molecule has 0 aliphatic rings. The molecule has 0 amide bonds. The molecule has 0 fully saturated rings. The Balaban J connectivity index is 2.90. The highest BCUT2D eigenvalue weighted by molar-refractivity contribution is 5.35. The van der Waals surface area contributed by atoms with E-state index in [9.17, 15) is 13.2 Å². The summed E-state index contributed by atoms with van der Waals surface area (Å²) in [6.45, 7) is 0.427. The number of aromatic nitrogens is 1. The Bertz CT molecular complexity index is 388. The fraction of sp³-hybridized carbons (Fsp3) is 0.300. The van der Waals surface area contributed by atoms with E-state index < -0.39 is 11.7 Å². The first-order valence-electron chi connectivity index (χ1n) is 4.20. The molecule has 1 N–H and O–H groups in total. The van der Waals surface area contributed by atoms with Gasteiger partial charge in [0.2, 0.25) is 0 Å². The maximum Gasteiger partial charge on any atom is 0.417 e. The van der Waals surface area contributed by atoms with Crippen LogP contribution in [0, 0.1) is 11.8 Å². The number of hydrogen-bond donors (Lipinski definition) is 1. The third-order valence-electron chi connectivity index (χ3n) is 1.56. The number of hydrogen-bond acceptors (Lipinski definition) is 2. The minimum absolute atomic E-state index is 0.264. The van der Waals surface area contributed by atoms with Gasteiger partial charge in [-0.15, -0.1) is 0 Å². The second kappa shape index (κ2) is 4.80. The van der Waals surface area contributed by atoms with E-state index in [0.717, 1.165) is 12.3 Å². The van der Waals surface area contributed by atoms with E-state index in [4.69, 9.17) is 0 Å². The van der Waals surface area contributed by atoms with Crippen molar-refractivity contribution in [2.24, 2.45) is 0 Å². The molecule has 15 heavy (non-hydrogen) atoms. The van der Waals surface area contributed by atoms with Gasteiger partial charge < -0.3 is 5.32 Å². The van der Waals surface area contributed by atoms with Crippen LogP contribution in [0.4, 0.5) is 13.2 Å². The fourth-order valence-corrected chi connectivity index (χ4v) is 0.898. The van der Waals surface area contributed by atoms with Crippen LogP contribution < -0.4 is 5.32 Å². The molecule has 1 aromatic heterocycles. The van der Waals surface area contributed by atoms with Gasteiger partial charge in [0.25, 0.3) is 0 Å². The molecule has 0 bridgehead atoms. The first-order chi connectivity index (χ1) is 7.04. The number of pyridine rings is 1. The molecular formula is C10H9F3N2. The predicted octanol–water partition coefficient (Wildman–Crippen LogP) is 1.67. The Morgan fingerprint density at radius 3 is 2.73 bits per heavy atom. The molecule has 0 aliphatic carbocycles. The molecular weight excluding hydrogens is 205 g/mol. The smallest absolute Gasteiger partial charge is 0.309 e. The third kappa shape index (κ3) is 3.60. The Morgan fingerprint density at radius 2 is 2.13 bits per heavy atom. The monoisotopic (exact) mass is 214 g/mol. The van der Waals surface area contributed by atoms with Gasteiger partial charge in [0.05, 0.1) is 12.1 Å². The lowest BCUT2D eigenvalue weighted by molar-refractivity contribution is -0.137. The predicted molar refractivity (Wildman–Crippen MR) is 50.0 cm³/mol. The average molecular weight is 214 g/mol. The summed E-state index contributed by atoms with van der Waals surface area (Å²) in [5.74, 6) is 5.24. The lowest BCUT2D eigenvalue weighted by atomic mass is 10.2. The van der Waals surface area contributed by atoms with Crippen molar-refractivity contribution in [3.05, 3.63) is 29.6 Å². The summed E-state index contributed by atoms with van der Waals surface area (Å²) in [5.41, 5.74) is -0.515. The summed E-state index contributed by atoms with van der Waals surface area (Å²) in [4.78, 5) is 3.49. The number of rotatable bonds is 1. The van der Waals surface area contributed by atoms with E-state index in [2.05, 4.69) is 22.1 Å². The summed E-state index contributed by atoms with van der Waals surface area (Å²) in [7, 11) is 1.71. The molecule has 5 heteroatoms. The van der Waals surface area contributed by atoms with Crippen molar-refractivity contribution >= 4 is 0 Å². The minimum atomic E-state index is -4.37. The highest BCUT2D eigenvalue weighted by Crippen LogP contribution is 2.28. The SMILES string of the molecule is CNCC#Cc1cncc(C(F)(F)F)c1. The summed E-state index contributed by atoms with van der Waals surface area (Å²) in [5, 5.41) is 2.77. The molecule has 0 aliphatic heterocycles. The maximum absolute atomic E-state index is 12.3. The highest BCUT2D eigenvalue weighted by Gasteiger charge is 2.30. The fourth-order valence-electron chi connectivity index (χ4n) is 0.898. The molecule has 1 heterocycles. The minimum Gasteiger partial charge on any atom is -0.309 e. The van der Waals surface area contributed by atoms with Crippen LogP contribution in [-0.4, -0.2) is 18.6 Å². The van der Waals surface area contributed by atoms with Crippen LogP contribution in [0.2, 0.25) is 0 Å². The molecule has 80 valence electrons. The van der Waals surface area contributed by atoms with E-state index in [0.29, 0.717) is 6.54 Å². The van der Waals surface area contributed by atoms with E-state index in [-0.39, 0.29) is 5.56 Å². The van der Waals surface area contributed by atoms with Gasteiger partial charge in [0.15, 0.2) is 0 Å². The summed E-state index contributed by atoms with van der Waals surface area (Å²) in [6.07, 6.45) is -2.28. The molecule has 1 rings (SSSR count). The van der Waals surface area contributed by atoms with E-state index >= 15 is 0 Å². The van der Waals surface area contributed by atoms with Crippen molar-refractivity contribution in [2.75, 3.05) is 13.6 Å². The molecule has 0 saturated carbocycles. The molecule has 2 nitrogen and oxygen atoms in total. The molecule has 1 aromatic rings. The normalized spacial score (nSPS) is 10.7. The second-order valence-electron chi connectivity index (χ2n) is 2.79. The van der Waals surface area contributed by atoms with Crippen LogP contribution in [0.1, 0.15) is 11.1 Å². The van der Waals surface area contributed by atoms with Crippen LogP contribution in [-0.2, 0) is 6.18 Å². The van der Waals surface area contributed by atoms with Crippen LogP contribution in [0.25, 0.3) is 0 Å². The number of halogens is 3. The molecule has 0 saturated heterocycles. The largest absolute Gasteiger partial charge is 0.417 e. The Morgan fingerprint density at radius 1 is 1.40 bits per heavy atom. The topological polar surface area (TPSA) is 24.9 Å². The molecule has 0 radical (unpaired) electrons. The molecule has 0 aromatic carbocycles. The van der Waals surface area contributed by atoms with E-state index in [1.165, 1.54) is 6.20 Å². The van der Waals surface area contributed by atoms with E-state index in [1.807, 2.05) is 0 Å². The van der Waals surface area contributed by atoms with Gasteiger partial charge >= 0.3 is 6.18 Å². The maximum atomic E-state index is 12.3. The van der Waals surface area contributed by atoms with Crippen molar-refractivity contribution in [1.29, 1.82) is 0 Å². The second-order valence-corrected chi connectivity index (χ2v) is 2.79. The lowest BCUT2D eigenvalue weighted by Crippen LogP contribution is -2.06. The van der Waals surface area contributed by atoms with Crippen LogP contribution in [0.5, 0.6) is 0 Å². The quantitative estimate of drug-likeness (QED) is 0.719. The zero-order valence-corrected chi connectivity index (χ0v) is 8.02. The van der Waals surface area contributed by atoms with Crippen LogP contribution in [0.15, 0.2) is 18.5 Å². The van der Waals surface area contributed by atoms with Gasteiger partial charge in [-0.3, -0.25) is 4.98 Å². The van der Waals surface area contributed by atoms with Gasteiger partial charge in [0, 0.05) is 18.0 Å². The summed E-state index contributed by atoms with van der Waals surface area (Å²) < 4.78 is 36.8. The summed E-state index contributed by atoms with van der Waals surface area (Å²) >= 11 is 0. The van der Waals surface area contributed by atoms with Gasteiger partial charge in [-0.1, -0.05) is 11.8 Å². The standard InChI is InChI=1S/C10H9F3N2/c1-14-4-2-3-8-5-9(7-15-6-8)10(11,12)13/h5-7,14H,4H2,1H3. The van der Waals surface area contributed by atoms with E-state index in [1.54, 1.807) is 7.05 Å². The molecule has 0 unspecified atom stereocenters. The number of nitrogens with zero attached hydrogens (tertiary/aromatic N) is 1. The average Bonchev–Trinajstić information content (AvgIpc) is 2.17. The van der Waals surface area contributed by atoms with Gasteiger partial charge in [-0.25, -0.2) is 0 Å². The zero-order valence-electron chi connectivity index (χ0n) is 8.02. The van der Waals surface area contributed by atoms with Crippen molar-refractivity contribution < 1.29 is 13.2 Å². The summed E-state index contributed by atoms with van der Waals surface area (Å²) in [6, 6.07) is 0.982. The van der Waals surface area contributed by atoms with Crippen LogP contribution >= 0.6 is 0 Å². The Hall–Kier alpha value is -1.54. The van der Waals surface area contributed by atoms with Crippen molar-refractivity contribution in [3.8, 4) is 11.8 Å². The zero-order chi connectivity index (χ0) is 11.3. The van der Waals surface area contributed by atoms with Crippen LogP contribution in [0.3, 0.4) is 0 Å². The van der Waals surface area contributed by atoms with Crippen molar-refractivity contribution in [1.82, 2.24) is 10.3 Å². The highest BCUT2D eigenvalue weighted by atomic mass is 19.4. The number of nitrogens with one attached hydrogen (secondary N) is 1. The van der Waals surface area contributed by atoms with Gasteiger partial charge in [-0.05, 0) is 13.1 Å². The lowest BCUT2D eigenvalue weighted by Gasteiger charge is -2.05.